The first-order valence-corrected chi connectivity index (χ1v) is 15.7. The van der Waals surface area contributed by atoms with E-state index >= 15 is 0 Å². The molecule has 216 valence electrons. The van der Waals surface area contributed by atoms with Gasteiger partial charge in [0.25, 0.3) is 0 Å². The summed E-state index contributed by atoms with van der Waals surface area (Å²) in [7, 11) is 0. The minimum absolute atomic E-state index is 0.289. The lowest BCUT2D eigenvalue weighted by Gasteiger charge is -2.30. The van der Waals surface area contributed by atoms with Crippen LogP contribution < -0.4 is 15.5 Å². The van der Waals surface area contributed by atoms with Crippen molar-refractivity contribution in [2.24, 2.45) is 0 Å². The lowest BCUT2D eigenvalue weighted by atomic mass is 10.1. The van der Waals surface area contributed by atoms with Crippen LogP contribution in [0.3, 0.4) is 0 Å². The van der Waals surface area contributed by atoms with Crippen molar-refractivity contribution in [2.45, 2.75) is 46.6 Å². The molecule has 4 aromatic carbocycles. The van der Waals surface area contributed by atoms with Crippen molar-refractivity contribution in [1.29, 1.82) is 0 Å². The number of hydrogen-bond acceptors (Lipinski definition) is 1. The quantitative estimate of drug-likeness (QED) is 0.212. The Morgan fingerprint density at radius 1 is 0.721 bits per heavy atom. The van der Waals surface area contributed by atoms with Crippen molar-refractivity contribution >= 4 is 28.4 Å². The molecule has 2 heterocycles. The number of benzene rings is 4. The first kappa shape index (κ1) is 29.7. The second kappa shape index (κ2) is 13.9. The van der Waals surface area contributed by atoms with E-state index in [2.05, 4.69) is 150 Å². The third-order valence-corrected chi connectivity index (χ3v) is 7.90. The summed E-state index contributed by atoms with van der Waals surface area (Å²) in [4.78, 5) is 2.57. The molecule has 0 fully saturated rings. The van der Waals surface area contributed by atoms with Crippen molar-refractivity contribution in [3.8, 4) is 16.8 Å². The van der Waals surface area contributed by atoms with Gasteiger partial charge in [0.1, 0.15) is 0 Å². The van der Waals surface area contributed by atoms with Crippen LogP contribution in [0.25, 0.3) is 39.5 Å². The standard InChI is InChI=1S/C37H30N2.2C2H6/c1-2-13-35-37(36-26-29-16-9-11-20-33(29)38(36)30-17-7-4-8-18-30)32-19-10-12-21-34(32)39(35)31-24-22-28(23-25-31)27-14-5-3-6-15-27;2*1-2/h2-17,19-25,30H,1,18,26H2;2*1-2H3/b35-13+,37-36+;;. The third-order valence-electron chi connectivity index (χ3n) is 7.90. The highest BCUT2D eigenvalue weighted by atomic mass is 15.2. The number of allylic oxidation sites excluding steroid dienone is 3. The zero-order chi connectivity index (χ0) is 30.2. The summed E-state index contributed by atoms with van der Waals surface area (Å²) in [6.07, 6.45) is 14.9. The fourth-order valence-electron chi connectivity index (χ4n) is 6.20. The second-order valence-electron chi connectivity index (χ2n) is 10.2. The molecule has 5 aromatic rings. The first-order valence-electron chi connectivity index (χ1n) is 15.7. The van der Waals surface area contributed by atoms with Gasteiger partial charge in [-0.15, -0.1) is 0 Å². The van der Waals surface area contributed by atoms with Gasteiger partial charge < -0.3 is 9.47 Å². The van der Waals surface area contributed by atoms with Gasteiger partial charge in [-0.05, 0) is 53.5 Å². The van der Waals surface area contributed by atoms with Crippen LogP contribution in [-0.2, 0) is 6.42 Å². The molecule has 1 aromatic heterocycles. The van der Waals surface area contributed by atoms with Crippen molar-refractivity contribution in [3.05, 3.63) is 156 Å². The molecule has 2 heteroatoms. The number of rotatable bonds is 4. The van der Waals surface area contributed by atoms with Crippen molar-refractivity contribution < 1.29 is 0 Å². The molecular weight excluding hydrogens is 520 g/mol. The van der Waals surface area contributed by atoms with E-state index in [-0.39, 0.29) is 6.04 Å². The Hall–Kier alpha value is -4.82. The van der Waals surface area contributed by atoms with E-state index in [0.29, 0.717) is 0 Å². The number of fused-ring (bicyclic) bond motifs is 2. The zero-order valence-corrected chi connectivity index (χ0v) is 25.9. The monoisotopic (exact) mass is 562 g/mol. The molecule has 2 aliphatic rings. The topological polar surface area (TPSA) is 8.17 Å². The molecule has 0 saturated carbocycles. The van der Waals surface area contributed by atoms with Crippen molar-refractivity contribution in [3.63, 3.8) is 0 Å². The van der Waals surface area contributed by atoms with Gasteiger partial charge in [-0.1, -0.05) is 144 Å². The highest BCUT2D eigenvalue weighted by Gasteiger charge is 2.30. The van der Waals surface area contributed by atoms with Crippen LogP contribution >= 0.6 is 0 Å². The Labute approximate surface area is 256 Å². The van der Waals surface area contributed by atoms with E-state index in [9.17, 15) is 0 Å². The summed E-state index contributed by atoms with van der Waals surface area (Å²) in [5.74, 6) is 0. The maximum atomic E-state index is 4.12. The minimum atomic E-state index is 0.289. The van der Waals surface area contributed by atoms with Gasteiger partial charge in [0.2, 0.25) is 0 Å². The lowest BCUT2D eigenvalue weighted by molar-refractivity contribution is 0.791. The lowest BCUT2D eigenvalue weighted by Crippen LogP contribution is -2.39. The average molecular weight is 563 g/mol. The summed E-state index contributed by atoms with van der Waals surface area (Å²) in [6.45, 7) is 12.1. The molecule has 1 aliphatic carbocycles. The van der Waals surface area contributed by atoms with Gasteiger partial charge in [0.05, 0.1) is 16.9 Å². The summed E-state index contributed by atoms with van der Waals surface area (Å²) in [5, 5.41) is 3.72. The van der Waals surface area contributed by atoms with Gasteiger partial charge in [-0.25, -0.2) is 0 Å². The predicted octanol–water partition coefficient (Wildman–Crippen LogP) is 9.37. The van der Waals surface area contributed by atoms with Gasteiger partial charge in [-0.3, -0.25) is 0 Å². The molecule has 0 N–H and O–H groups in total. The fraction of sp³-hybridized carbons (Fsp3) is 0.171. The van der Waals surface area contributed by atoms with Crippen LogP contribution in [0.2, 0.25) is 0 Å². The highest BCUT2D eigenvalue weighted by Crippen LogP contribution is 2.38. The maximum Gasteiger partial charge on any atom is 0.0558 e. The minimum Gasteiger partial charge on any atom is -0.337 e. The molecule has 0 bridgehead atoms. The molecular formula is C41H42N2. The Bertz CT molecular complexity index is 1870. The molecule has 0 saturated heterocycles. The Morgan fingerprint density at radius 2 is 1.40 bits per heavy atom. The van der Waals surface area contributed by atoms with Crippen LogP contribution in [0.5, 0.6) is 0 Å². The number of para-hydroxylation sites is 2. The summed E-state index contributed by atoms with van der Waals surface area (Å²) >= 11 is 0. The van der Waals surface area contributed by atoms with Crippen LogP contribution in [0, 0.1) is 0 Å². The predicted molar refractivity (Wildman–Crippen MR) is 188 cm³/mol. The molecule has 0 radical (unpaired) electrons. The van der Waals surface area contributed by atoms with E-state index < -0.39 is 0 Å². The molecule has 2 nitrogen and oxygen atoms in total. The van der Waals surface area contributed by atoms with Gasteiger partial charge in [-0.2, -0.15) is 0 Å². The van der Waals surface area contributed by atoms with Crippen molar-refractivity contribution in [2.75, 3.05) is 4.90 Å². The van der Waals surface area contributed by atoms with E-state index in [0.717, 1.165) is 18.5 Å². The molecule has 1 unspecified atom stereocenters. The maximum absolute atomic E-state index is 4.12. The van der Waals surface area contributed by atoms with Crippen molar-refractivity contribution in [1.82, 2.24) is 4.57 Å². The molecule has 1 atom stereocenters. The SMILES string of the molecule is C=C/C=c1\c(=C2/Cc3ccccc3N2C2C=CC=CC2)c2ccccc2n1-c1ccc(-c2ccccc2)cc1.CC.CC. The van der Waals surface area contributed by atoms with Gasteiger partial charge in [0, 0.05) is 34.1 Å². The Kier molecular flexibility index (Phi) is 9.59. The van der Waals surface area contributed by atoms with E-state index in [1.807, 2.05) is 33.8 Å². The van der Waals surface area contributed by atoms with E-state index in [1.54, 1.807) is 0 Å². The summed E-state index contributed by atoms with van der Waals surface area (Å²) in [6, 6.07) is 37.4. The molecule has 0 amide bonds. The number of hydrogen-bond donors (Lipinski definition) is 0. The first-order chi connectivity index (χ1) is 21.3. The number of nitrogens with zero attached hydrogens (tertiary/aromatic N) is 2. The number of aromatic nitrogens is 1. The van der Waals surface area contributed by atoms with E-state index in [4.69, 9.17) is 0 Å². The molecule has 1 aliphatic heterocycles. The summed E-state index contributed by atoms with van der Waals surface area (Å²) in [5.41, 5.74) is 8.84. The van der Waals surface area contributed by atoms with Crippen LogP contribution in [0.4, 0.5) is 5.69 Å². The van der Waals surface area contributed by atoms with Crippen LogP contribution in [0.15, 0.2) is 140 Å². The van der Waals surface area contributed by atoms with Gasteiger partial charge in [0.15, 0.2) is 0 Å². The second-order valence-corrected chi connectivity index (χ2v) is 10.2. The smallest absolute Gasteiger partial charge is 0.0558 e. The number of anilines is 1. The molecule has 43 heavy (non-hydrogen) atoms. The van der Waals surface area contributed by atoms with Crippen LogP contribution in [0.1, 0.15) is 39.7 Å². The van der Waals surface area contributed by atoms with E-state index in [1.165, 1.54) is 49.5 Å². The van der Waals surface area contributed by atoms with Crippen LogP contribution in [-0.4, -0.2) is 10.6 Å². The van der Waals surface area contributed by atoms with Gasteiger partial charge >= 0.3 is 0 Å². The Morgan fingerprint density at radius 3 is 2.12 bits per heavy atom. The normalized spacial score (nSPS) is 16.7. The summed E-state index contributed by atoms with van der Waals surface area (Å²) < 4.78 is 2.39. The largest absolute Gasteiger partial charge is 0.337 e. The average Bonchev–Trinajstić information content (AvgIpc) is 3.63. The molecule has 7 rings (SSSR count). The highest BCUT2D eigenvalue weighted by molar-refractivity contribution is 5.90. The molecule has 0 spiro atoms. The fourth-order valence-corrected chi connectivity index (χ4v) is 6.20. The third kappa shape index (κ3) is 5.66. The Balaban J connectivity index is 0.000000885. The zero-order valence-electron chi connectivity index (χ0n) is 25.9.